The van der Waals surface area contributed by atoms with Crippen molar-refractivity contribution in [2.75, 3.05) is 5.32 Å². The molecular formula is C16H22N4O. The summed E-state index contributed by atoms with van der Waals surface area (Å²) < 4.78 is 1.85. The molecule has 1 aromatic carbocycles. The number of aromatic nitrogens is 2. The second-order valence-electron chi connectivity index (χ2n) is 5.21. The number of carbonyl (C=O) groups is 1. The maximum atomic E-state index is 11.9. The van der Waals surface area contributed by atoms with Gasteiger partial charge in [0.15, 0.2) is 0 Å². The summed E-state index contributed by atoms with van der Waals surface area (Å²) >= 11 is 0. The summed E-state index contributed by atoms with van der Waals surface area (Å²) in [6, 6.07) is 9.62. The molecule has 2 aromatic rings. The first-order chi connectivity index (χ1) is 10.2. The monoisotopic (exact) mass is 286 g/mol. The van der Waals surface area contributed by atoms with Crippen LogP contribution in [0.1, 0.15) is 31.7 Å². The summed E-state index contributed by atoms with van der Waals surface area (Å²) in [5, 5.41) is 7.08. The summed E-state index contributed by atoms with van der Waals surface area (Å²) in [6.45, 7) is 2.75. The van der Waals surface area contributed by atoms with Crippen LogP contribution in [0.3, 0.4) is 0 Å². The van der Waals surface area contributed by atoms with Crippen molar-refractivity contribution in [2.45, 2.75) is 38.8 Å². The van der Waals surface area contributed by atoms with E-state index in [0.29, 0.717) is 13.0 Å². The molecule has 0 aliphatic rings. The van der Waals surface area contributed by atoms with E-state index in [1.54, 1.807) is 6.20 Å². The molecule has 1 amide bonds. The highest BCUT2D eigenvalue weighted by Crippen LogP contribution is 2.12. The van der Waals surface area contributed by atoms with Crippen molar-refractivity contribution in [3.8, 4) is 0 Å². The Morgan fingerprint density at radius 2 is 2.29 bits per heavy atom. The molecule has 0 saturated carbocycles. The zero-order valence-electron chi connectivity index (χ0n) is 12.3. The minimum atomic E-state index is -0.0674. The van der Waals surface area contributed by atoms with Gasteiger partial charge in [-0.25, -0.2) is 0 Å². The summed E-state index contributed by atoms with van der Waals surface area (Å²) in [7, 11) is 0. The van der Waals surface area contributed by atoms with E-state index in [2.05, 4.69) is 17.3 Å². The van der Waals surface area contributed by atoms with Crippen molar-refractivity contribution in [3.63, 3.8) is 0 Å². The average Bonchev–Trinajstić information content (AvgIpc) is 2.92. The van der Waals surface area contributed by atoms with Crippen LogP contribution in [0.2, 0.25) is 0 Å². The topological polar surface area (TPSA) is 72.9 Å². The van der Waals surface area contributed by atoms with E-state index < -0.39 is 0 Å². The van der Waals surface area contributed by atoms with Gasteiger partial charge in [-0.3, -0.25) is 9.48 Å². The zero-order valence-corrected chi connectivity index (χ0v) is 12.3. The number of hydrogen-bond acceptors (Lipinski definition) is 3. The van der Waals surface area contributed by atoms with Crippen LogP contribution in [-0.4, -0.2) is 21.7 Å². The molecular weight excluding hydrogens is 264 g/mol. The molecule has 1 atom stereocenters. The van der Waals surface area contributed by atoms with Crippen LogP contribution in [0.4, 0.5) is 5.69 Å². The smallest absolute Gasteiger partial charge is 0.225 e. The molecule has 5 nitrogen and oxygen atoms in total. The van der Waals surface area contributed by atoms with Gasteiger partial charge in [0.2, 0.25) is 5.91 Å². The molecule has 0 saturated heterocycles. The average molecular weight is 286 g/mol. The van der Waals surface area contributed by atoms with Crippen LogP contribution < -0.4 is 11.1 Å². The molecule has 3 N–H and O–H groups in total. The summed E-state index contributed by atoms with van der Waals surface area (Å²) in [5.41, 5.74) is 7.78. The number of nitrogens with zero attached hydrogens (tertiary/aromatic N) is 2. The number of carbonyl (C=O) groups excluding carboxylic acids is 1. The Morgan fingerprint density at radius 1 is 1.43 bits per heavy atom. The SMILES string of the molecule is CCCC(N)CC(=O)Nc1cccc(Cn2cccn2)c1. The van der Waals surface area contributed by atoms with Crippen molar-refractivity contribution >= 4 is 11.6 Å². The highest BCUT2D eigenvalue weighted by molar-refractivity contribution is 5.91. The van der Waals surface area contributed by atoms with Gasteiger partial charge in [0.1, 0.15) is 0 Å². The molecule has 2 rings (SSSR count). The number of nitrogens with two attached hydrogens (primary N) is 1. The number of amides is 1. The molecule has 1 heterocycles. The number of hydrogen-bond donors (Lipinski definition) is 2. The number of benzene rings is 1. The van der Waals surface area contributed by atoms with Gasteiger partial charge in [-0.05, 0) is 30.2 Å². The van der Waals surface area contributed by atoms with Gasteiger partial charge in [0, 0.05) is 30.5 Å². The molecule has 21 heavy (non-hydrogen) atoms. The number of nitrogens with one attached hydrogen (secondary N) is 1. The fourth-order valence-electron chi connectivity index (χ4n) is 2.25. The van der Waals surface area contributed by atoms with Crippen LogP contribution in [0.15, 0.2) is 42.7 Å². The number of rotatable bonds is 7. The minimum Gasteiger partial charge on any atom is -0.327 e. The Labute approximate surface area is 125 Å². The van der Waals surface area contributed by atoms with E-state index in [4.69, 9.17) is 5.73 Å². The number of anilines is 1. The van der Waals surface area contributed by atoms with E-state index in [1.165, 1.54) is 0 Å². The third-order valence-electron chi connectivity index (χ3n) is 3.22. The predicted octanol–water partition coefficient (Wildman–Crippen LogP) is 2.39. The van der Waals surface area contributed by atoms with E-state index >= 15 is 0 Å². The van der Waals surface area contributed by atoms with Gasteiger partial charge in [-0.2, -0.15) is 5.10 Å². The first-order valence-electron chi connectivity index (χ1n) is 7.29. The quantitative estimate of drug-likeness (QED) is 0.820. The second-order valence-corrected chi connectivity index (χ2v) is 5.21. The maximum Gasteiger partial charge on any atom is 0.225 e. The molecule has 5 heteroatoms. The fraction of sp³-hybridized carbons (Fsp3) is 0.375. The lowest BCUT2D eigenvalue weighted by Crippen LogP contribution is -2.26. The normalized spacial score (nSPS) is 12.1. The summed E-state index contributed by atoms with van der Waals surface area (Å²) in [5.74, 6) is -0.0350. The molecule has 0 aliphatic carbocycles. The molecule has 0 spiro atoms. The molecule has 1 aromatic heterocycles. The largest absolute Gasteiger partial charge is 0.327 e. The maximum absolute atomic E-state index is 11.9. The third kappa shape index (κ3) is 5.04. The standard InChI is InChI=1S/C16H22N4O/c1-2-5-14(17)11-16(21)19-15-7-3-6-13(10-15)12-20-9-4-8-18-20/h3-4,6-10,14H,2,5,11-12,17H2,1H3,(H,19,21). The van der Waals surface area contributed by atoms with Crippen molar-refractivity contribution in [3.05, 3.63) is 48.3 Å². The molecule has 0 radical (unpaired) electrons. The predicted molar refractivity (Wildman–Crippen MR) is 83.9 cm³/mol. The molecule has 0 aliphatic heterocycles. The van der Waals surface area contributed by atoms with Gasteiger partial charge in [0.25, 0.3) is 0 Å². The van der Waals surface area contributed by atoms with E-state index in [-0.39, 0.29) is 11.9 Å². The Balaban J connectivity index is 1.93. The van der Waals surface area contributed by atoms with Crippen molar-refractivity contribution in [2.24, 2.45) is 5.73 Å². The zero-order chi connectivity index (χ0) is 15.1. The Bertz CT molecular complexity index is 565. The van der Waals surface area contributed by atoms with Gasteiger partial charge >= 0.3 is 0 Å². The Morgan fingerprint density at radius 3 is 3.00 bits per heavy atom. The van der Waals surface area contributed by atoms with Crippen LogP contribution in [0.5, 0.6) is 0 Å². The van der Waals surface area contributed by atoms with Crippen molar-refractivity contribution in [1.82, 2.24) is 9.78 Å². The minimum absolute atomic E-state index is 0.0350. The van der Waals surface area contributed by atoms with Crippen LogP contribution >= 0.6 is 0 Å². The van der Waals surface area contributed by atoms with Crippen LogP contribution in [0, 0.1) is 0 Å². The summed E-state index contributed by atoms with van der Waals surface area (Å²) in [6.07, 6.45) is 5.88. The van der Waals surface area contributed by atoms with E-state index in [9.17, 15) is 4.79 Å². The third-order valence-corrected chi connectivity index (χ3v) is 3.22. The lowest BCUT2D eigenvalue weighted by atomic mass is 10.1. The Hall–Kier alpha value is -2.14. The molecule has 1 unspecified atom stereocenters. The lowest BCUT2D eigenvalue weighted by Gasteiger charge is -2.11. The highest BCUT2D eigenvalue weighted by Gasteiger charge is 2.09. The molecule has 0 bridgehead atoms. The van der Waals surface area contributed by atoms with Gasteiger partial charge in [-0.1, -0.05) is 25.5 Å². The van der Waals surface area contributed by atoms with Gasteiger partial charge < -0.3 is 11.1 Å². The van der Waals surface area contributed by atoms with Crippen LogP contribution in [-0.2, 0) is 11.3 Å². The highest BCUT2D eigenvalue weighted by atomic mass is 16.1. The van der Waals surface area contributed by atoms with Gasteiger partial charge in [0.05, 0.1) is 6.54 Å². The van der Waals surface area contributed by atoms with Gasteiger partial charge in [-0.15, -0.1) is 0 Å². The van der Waals surface area contributed by atoms with Crippen LogP contribution in [0.25, 0.3) is 0 Å². The second kappa shape index (κ2) is 7.59. The summed E-state index contributed by atoms with van der Waals surface area (Å²) in [4.78, 5) is 11.9. The first-order valence-corrected chi connectivity index (χ1v) is 7.29. The lowest BCUT2D eigenvalue weighted by molar-refractivity contribution is -0.116. The van der Waals surface area contributed by atoms with Crippen molar-refractivity contribution < 1.29 is 4.79 Å². The fourth-order valence-corrected chi connectivity index (χ4v) is 2.25. The van der Waals surface area contributed by atoms with Crippen molar-refractivity contribution in [1.29, 1.82) is 0 Å². The Kier molecular flexibility index (Phi) is 5.51. The molecule has 0 fully saturated rings. The van der Waals surface area contributed by atoms with E-state index in [1.807, 2.05) is 41.2 Å². The molecule has 112 valence electrons. The first kappa shape index (κ1) is 15.3. The van der Waals surface area contributed by atoms with E-state index in [0.717, 1.165) is 24.1 Å².